The summed E-state index contributed by atoms with van der Waals surface area (Å²) in [5, 5.41) is 3.37. The highest BCUT2D eigenvalue weighted by Gasteiger charge is 2.24. The molecule has 2 N–H and O–H groups in total. The Kier molecular flexibility index (Phi) is 7.42. The van der Waals surface area contributed by atoms with Gasteiger partial charge in [0.2, 0.25) is 0 Å². The molecule has 0 radical (unpaired) electrons. The number of carbonyl (C=O) groups is 1. The lowest BCUT2D eigenvalue weighted by molar-refractivity contribution is 0.0688. The van der Waals surface area contributed by atoms with E-state index in [1.54, 1.807) is 11.0 Å². The Hall–Kier alpha value is -2.11. The maximum Gasteiger partial charge on any atom is 0.261 e. The highest BCUT2D eigenvalue weighted by Crippen LogP contribution is 2.19. The number of halogens is 1. The second-order valence-corrected chi connectivity index (χ2v) is 6.52. The van der Waals surface area contributed by atoms with Crippen molar-refractivity contribution in [3.63, 3.8) is 0 Å². The summed E-state index contributed by atoms with van der Waals surface area (Å²) in [5.74, 6) is 0.450. The number of pyridine rings is 1. The highest BCUT2D eigenvalue weighted by atomic mass is 35.5. The third-order valence-corrected chi connectivity index (χ3v) is 4.81. The summed E-state index contributed by atoms with van der Waals surface area (Å²) < 4.78 is 0. The van der Waals surface area contributed by atoms with Crippen LogP contribution in [0.4, 0.5) is 0 Å². The van der Waals surface area contributed by atoms with Crippen LogP contribution in [0.3, 0.4) is 0 Å². The van der Waals surface area contributed by atoms with Crippen LogP contribution in [-0.4, -0.2) is 42.0 Å². The molecule has 1 fully saturated rings. The first-order valence-electron chi connectivity index (χ1n) is 8.97. The molecule has 5 nitrogen and oxygen atoms in total. The second kappa shape index (κ2) is 9.55. The lowest BCUT2D eigenvalue weighted by Gasteiger charge is -2.32. The number of piperidine rings is 1. The van der Waals surface area contributed by atoms with Gasteiger partial charge in [-0.05, 0) is 49.5 Å². The number of amides is 1. The van der Waals surface area contributed by atoms with E-state index in [0.29, 0.717) is 5.92 Å². The largest absolute Gasteiger partial charge is 0.338 e. The predicted molar refractivity (Wildman–Crippen MR) is 107 cm³/mol. The van der Waals surface area contributed by atoms with E-state index in [1.165, 1.54) is 0 Å². The zero-order chi connectivity index (χ0) is 17.6. The van der Waals surface area contributed by atoms with Crippen molar-refractivity contribution >= 4 is 18.3 Å². The number of aromatic nitrogens is 1. The molecule has 0 spiro atoms. The molecule has 0 unspecified atom stereocenters. The summed E-state index contributed by atoms with van der Waals surface area (Å²) in [6.45, 7) is 5.51. The van der Waals surface area contributed by atoms with Crippen molar-refractivity contribution in [1.29, 1.82) is 0 Å². The average Bonchev–Trinajstić information content (AvgIpc) is 2.67. The summed E-state index contributed by atoms with van der Waals surface area (Å²) in [6, 6.07) is 13.1. The first kappa shape index (κ1) is 20.2. The number of rotatable bonds is 5. The van der Waals surface area contributed by atoms with Crippen molar-refractivity contribution in [2.75, 3.05) is 26.2 Å². The summed E-state index contributed by atoms with van der Waals surface area (Å²) in [5.41, 5.74) is 1.57. The van der Waals surface area contributed by atoms with E-state index in [0.717, 1.165) is 50.3 Å². The van der Waals surface area contributed by atoms with Gasteiger partial charge >= 0.3 is 0 Å². The first-order chi connectivity index (χ1) is 12.2. The molecule has 2 heterocycles. The van der Waals surface area contributed by atoms with E-state index in [1.807, 2.05) is 36.4 Å². The topological polar surface area (TPSA) is 65.2 Å². The summed E-state index contributed by atoms with van der Waals surface area (Å²) in [7, 11) is 0. The van der Waals surface area contributed by atoms with Gasteiger partial charge in [0, 0.05) is 18.8 Å². The Morgan fingerprint density at radius 3 is 2.46 bits per heavy atom. The zero-order valence-corrected chi connectivity index (χ0v) is 15.8. The van der Waals surface area contributed by atoms with E-state index in [-0.39, 0.29) is 29.4 Å². The van der Waals surface area contributed by atoms with Gasteiger partial charge in [0.1, 0.15) is 5.56 Å². The van der Waals surface area contributed by atoms with Gasteiger partial charge in [-0.25, -0.2) is 0 Å². The van der Waals surface area contributed by atoms with Crippen molar-refractivity contribution in [3.05, 3.63) is 58.4 Å². The molecule has 140 valence electrons. The quantitative estimate of drug-likeness (QED) is 0.844. The smallest absolute Gasteiger partial charge is 0.261 e. The molecule has 1 aliphatic heterocycles. The molecule has 2 aromatic rings. The molecule has 0 saturated carbocycles. The van der Waals surface area contributed by atoms with Gasteiger partial charge in [-0.1, -0.05) is 37.3 Å². The number of nitrogens with one attached hydrogen (secondary N) is 2. The standard InChI is InChI=1S/C20H25N3O2.ClH/c1-2-21-14-15-10-12-23(13-11-15)20(25)17-8-9-18(22-19(17)24)16-6-4-3-5-7-16;/h3-9,15,21H,2,10-14H2,1H3,(H,22,24);1H. The molecule has 1 aliphatic rings. The van der Waals surface area contributed by atoms with Crippen LogP contribution in [0.15, 0.2) is 47.3 Å². The monoisotopic (exact) mass is 375 g/mol. The first-order valence-corrected chi connectivity index (χ1v) is 8.97. The Morgan fingerprint density at radius 1 is 1.15 bits per heavy atom. The lowest BCUT2D eigenvalue weighted by atomic mass is 9.96. The number of hydrogen-bond acceptors (Lipinski definition) is 3. The molecule has 6 heteroatoms. The fourth-order valence-corrected chi connectivity index (χ4v) is 3.29. The minimum atomic E-state index is -0.318. The summed E-state index contributed by atoms with van der Waals surface area (Å²) >= 11 is 0. The van der Waals surface area contributed by atoms with Crippen LogP contribution < -0.4 is 10.9 Å². The highest BCUT2D eigenvalue weighted by molar-refractivity contribution is 5.94. The SMILES string of the molecule is CCNCC1CCN(C(=O)c2ccc(-c3ccccc3)[nH]c2=O)CC1.Cl. The van der Waals surface area contributed by atoms with Crippen LogP contribution in [-0.2, 0) is 0 Å². The average molecular weight is 376 g/mol. The maximum absolute atomic E-state index is 12.7. The van der Waals surface area contributed by atoms with Gasteiger partial charge in [0.05, 0.1) is 0 Å². The predicted octanol–water partition coefficient (Wildman–Crippen LogP) is 2.93. The van der Waals surface area contributed by atoms with Gasteiger partial charge in [-0.2, -0.15) is 0 Å². The van der Waals surface area contributed by atoms with E-state index < -0.39 is 0 Å². The molecule has 26 heavy (non-hydrogen) atoms. The van der Waals surface area contributed by atoms with Gasteiger partial charge < -0.3 is 15.2 Å². The van der Waals surface area contributed by atoms with Crippen LogP contribution >= 0.6 is 12.4 Å². The van der Waals surface area contributed by atoms with Crippen molar-refractivity contribution in [2.45, 2.75) is 19.8 Å². The Balaban J connectivity index is 0.00000243. The number of benzene rings is 1. The zero-order valence-electron chi connectivity index (χ0n) is 15.0. The number of nitrogens with zero attached hydrogens (tertiary/aromatic N) is 1. The van der Waals surface area contributed by atoms with Crippen LogP contribution in [0, 0.1) is 5.92 Å². The summed E-state index contributed by atoms with van der Waals surface area (Å²) in [6.07, 6.45) is 1.97. The molecule has 1 aromatic carbocycles. The molecular formula is C20H26ClN3O2. The van der Waals surface area contributed by atoms with Gasteiger partial charge in [0.15, 0.2) is 0 Å². The molecule has 1 saturated heterocycles. The van der Waals surface area contributed by atoms with Gasteiger partial charge in [-0.15, -0.1) is 12.4 Å². The van der Waals surface area contributed by atoms with E-state index in [2.05, 4.69) is 17.2 Å². The van der Waals surface area contributed by atoms with Crippen LogP contribution in [0.25, 0.3) is 11.3 Å². The van der Waals surface area contributed by atoms with E-state index in [4.69, 9.17) is 0 Å². The van der Waals surface area contributed by atoms with Crippen molar-refractivity contribution < 1.29 is 4.79 Å². The normalized spacial score (nSPS) is 14.7. The minimum absolute atomic E-state index is 0. The molecule has 0 aliphatic carbocycles. The van der Waals surface area contributed by atoms with E-state index >= 15 is 0 Å². The van der Waals surface area contributed by atoms with Crippen LogP contribution in [0.5, 0.6) is 0 Å². The number of hydrogen-bond donors (Lipinski definition) is 2. The fourth-order valence-electron chi connectivity index (χ4n) is 3.29. The van der Waals surface area contributed by atoms with E-state index in [9.17, 15) is 9.59 Å². The third kappa shape index (κ3) is 4.74. The number of H-pyrrole nitrogens is 1. The van der Waals surface area contributed by atoms with Crippen molar-refractivity contribution in [3.8, 4) is 11.3 Å². The Labute approximate surface area is 160 Å². The lowest BCUT2D eigenvalue weighted by Crippen LogP contribution is -2.42. The number of likely N-dealkylation sites (tertiary alicyclic amines) is 1. The Bertz CT molecular complexity index is 768. The number of carbonyl (C=O) groups excluding carboxylic acids is 1. The van der Waals surface area contributed by atoms with Gasteiger partial charge in [0.25, 0.3) is 11.5 Å². The van der Waals surface area contributed by atoms with Crippen LogP contribution in [0.1, 0.15) is 30.1 Å². The minimum Gasteiger partial charge on any atom is -0.338 e. The third-order valence-electron chi connectivity index (χ3n) is 4.81. The Morgan fingerprint density at radius 2 is 1.85 bits per heavy atom. The maximum atomic E-state index is 12.7. The molecule has 3 rings (SSSR count). The molecule has 1 aromatic heterocycles. The second-order valence-electron chi connectivity index (χ2n) is 6.52. The summed E-state index contributed by atoms with van der Waals surface area (Å²) in [4.78, 5) is 29.7. The van der Waals surface area contributed by atoms with Crippen molar-refractivity contribution in [1.82, 2.24) is 15.2 Å². The molecular weight excluding hydrogens is 350 g/mol. The molecule has 1 amide bonds. The molecule has 0 atom stereocenters. The van der Waals surface area contributed by atoms with Gasteiger partial charge in [-0.3, -0.25) is 9.59 Å². The molecule has 0 bridgehead atoms. The van der Waals surface area contributed by atoms with Crippen LogP contribution in [0.2, 0.25) is 0 Å². The number of aromatic amines is 1. The van der Waals surface area contributed by atoms with Crippen molar-refractivity contribution in [2.24, 2.45) is 5.92 Å². The fraction of sp³-hybridized carbons (Fsp3) is 0.400.